The third kappa shape index (κ3) is 3.49. The molecule has 0 fully saturated rings. The molecule has 0 aliphatic rings. The Morgan fingerprint density at radius 3 is 2.53 bits per heavy atom. The van der Waals surface area contributed by atoms with Crippen molar-refractivity contribution in [2.45, 2.75) is 39.5 Å². The molecule has 0 N–H and O–H groups in total. The Labute approximate surface area is 104 Å². The fourth-order valence-corrected chi connectivity index (χ4v) is 1.84. The standard InChI is InChI=1S/C15H21NO/c1-5-12(10-16)8-14-7-6-13(11(2)3)9-15(14)17-4/h6-7,9,11-12H,5,8H2,1-4H3. The van der Waals surface area contributed by atoms with E-state index in [1.807, 2.05) is 6.92 Å². The van der Waals surface area contributed by atoms with Crippen molar-refractivity contribution < 1.29 is 4.74 Å². The van der Waals surface area contributed by atoms with Gasteiger partial charge in [-0.3, -0.25) is 0 Å². The van der Waals surface area contributed by atoms with Crippen LogP contribution in [0.25, 0.3) is 0 Å². The van der Waals surface area contributed by atoms with E-state index < -0.39 is 0 Å². The minimum atomic E-state index is 0.0776. The van der Waals surface area contributed by atoms with E-state index in [1.54, 1.807) is 7.11 Å². The lowest BCUT2D eigenvalue weighted by Gasteiger charge is -2.14. The summed E-state index contributed by atoms with van der Waals surface area (Å²) in [4.78, 5) is 0. The quantitative estimate of drug-likeness (QED) is 0.769. The number of hydrogen-bond donors (Lipinski definition) is 0. The summed E-state index contributed by atoms with van der Waals surface area (Å²) in [6.45, 7) is 6.37. The summed E-state index contributed by atoms with van der Waals surface area (Å²) in [5.74, 6) is 1.48. The third-order valence-corrected chi connectivity index (χ3v) is 3.12. The number of ether oxygens (including phenoxy) is 1. The second-order valence-electron chi connectivity index (χ2n) is 4.66. The first-order valence-corrected chi connectivity index (χ1v) is 6.18. The molecule has 2 nitrogen and oxygen atoms in total. The molecule has 0 saturated carbocycles. The van der Waals surface area contributed by atoms with Crippen LogP contribution in [0.4, 0.5) is 0 Å². The fourth-order valence-electron chi connectivity index (χ4n) is 1.84. The van der Waals surface area contributed by atoms with Crippen LogP contribution in [0.1, 0.15) is 44.2 Å². The van der Waals surface area contributed by atoms with Gasteiger partial charge in [0.15, 0.2) is 0 Å². The van der Waals surface area contributed by atoms with E-state index in [2.05, 4.69) is 38.1 Å². The van der Waals surface area contributed by atoms with Gasteiger partial charge in [0.2, 0.25) is 0 Å². The summed E-state index contributed by atoms with van der Waals surface area (Å²) in [5, 5.41) is 9.00. The molecule has 92 valence electrons. The van der Waals surface area contributed by atoms with Crippen LogP contribution >= 0.6 is 0 Å². The summed E-state index contributed by atoms with van der Waals surface area (Å²) in [6, 6.07) is 8.64. The number of benzene rings is 1. The maximum atomic E-state index is 9.00. The summed E-state index contributed by atoms with van der Waals surface area (Å²) >= 11 is 0. The molecule has 1 aromatic carbocycles. The van der Waals surface area contributed by atoms with Crippen LogP contribution in [0, 0.1) is 17.2 Å². The normalized spacial score (nSPS) is 12.2. The lowest BCUT2D eigenvalue weighted by atomic mass is 9.94. The Bertz CT molecular complexity index is 404. The summed E-state index contributed by atoms with van der Waals surface area (Å²) in [6.07, 6.45) is 1.65. The van der Waals surface area contributed by atoms with Crippen LogP contribution in [-0.4, -0.2) is 7.11 Å². The van der Waals surface area contributed by atoms with Crippen molar-refractivity contribution in [3.05, 3.63) is 29.3 Å². The molecule has 0 aliphatic heterocycles. The van der Waals surface area contributed by atoms with Gasteiger partial charge >= 0.3 is 0 Å². The summed E-state index contributed by atoms with van der Waals surface area (Å²) in [7, 11) is 1.69. The molecule has 0 bridgehead atoms. The molecule has 0 saturated heterocycles. The minimum Gasteiger partial charge on any atom is -0.496 e. The van der Waals surface area contributed by atoms with Gasteiger partial charge in [0.1, 0.15) is 5.75 Å². The Morgan fingerprint density at radius 2 is 2.06 bits per heavy atom. The topological polar surface area (TPSA) is 33.0 Å². The van der Waals surface area contributed by atoms with Crippen LogP contribution in [-0.2, 0) is 6.42 Å². The van der Waals surface area contributed by atoms with Gasteiger partial charge in [-0.1, -0.05) is 32.9 Å². The zero-order valence-corrected chi connectivity index (χ0v) is 11.2. The van der Waals surface area contributed by atoms with Crippen molar-refractivity contribution >= 4 is 0 Å². The zero-order chi connectivity index (χ0) is 12.8. The number of hydrogen-bond acceptors (Lipinski definition) is 2. The van der Waals surface area contributed by atoms with Gasteiger partial charge in [0.05, 0.1) is 19.1 Å². The van der Waals surface area contributed by atoms with Crippen molar-refractivity contribution in [3.8, 4) is 11.8 Å². The van der Waals surface area contributed by atoms with Crippen LogP contribution in [0.2, 0.25) is 0 Å². The van der Waals surface area contributed by atoms with Gasteiger partial charge in [-0.2, -0.15) is 5.26 Å². The predicted molar refractivity (Wildman–Crippen MR) is 70.2 cm³/mol. The second-order valence-corrected chi connectivity index (χ2v) is 4.66. The van der Waals surface area contributed by atoms with Crippen molar-refractivity contribution in [1.29, 1.82) is 5.26 Å². The second kappa shape index (κ2) is 6.30. The molecular formula is C15H21NO. The summed E-state index contributed by atoms with van der Waals surface area (Å²) < 4.78 is 5.42. The lowest BCUT2D eigenvalue weighted by molar-refractivity contribution is 0.406. The molecule has 1 rings (SSSR count). The van der Waals surface area contributed by atoms with Crippen molar-refractivity contribution in [1.82, 2.24) is 0 Å². The Balaban J connectivity index is 2.97. The molecule has 0 heterocycles. The smallest absolute Gasteiger partial charge is 0.122 e. The van der Waals surface area contributed by atoms with E-state index in [1.165, 1.54) is 5.56 Å². The number of nitriles is 1. The van der Waals surface area contributed by atoms with E-state index in [-0.39, 0.29) is 5.92 Å². The van der Waals surface area contributed by atoms with Gasteiger partial charge in [0.25, 0.3) is 0 Å². The number of nitrogens with zero attached hydrogens (tertiary/aromatic N) is 1. The van der Waals surface area contributed by atoms with E-state index in [4.69, 9.17) is 10.00 Å². The number of rotatable bonds is 5. The van der Waals surface area contributed by atoms with Gasteiger partial charge in [-0.05, 0) is 36.0 Å². The highest BCUT2D eigenvalue weighted by Crippen LogP contribution is 2.27. The van der Waals surface area contributed by atoms with Crippen LogP contribution in [0.15, 0.2) is 18.2 Å². The highest BCUT2D eigenvalue weighted by Gasteiger charge is 2.11. The largest absolute Gasteiger partial charge is 0.496 e. The molecule has 0 radical (unpaired) electrons. The average molecular weight is 231 g/mol. The predicted octanol–water partition coefficient (Wildman–Crippen LogP) is 3.91. The Hall–Kier alpha value is -1.49. The van der Waals surface area contributed by atoms with Crippen LogP contribution < -0.4 is 4.74 Å². The Kier molecular flexibility index (Phi) is 5.03. The minimum absolute atomic E-state index is 0.0776. The molecule has 0 aliphatic carbocycles. The first kappa shape index (κ1) is 13.6. The van der Waals surface area contributed by atoms with Crippen molar-refractivity contribution in [2.75, 3.05) is 7.11 Å². The fraction of sp³-hybridized carbons (Fsp3) is 0.533. The van der Waals surface area contributed by atoms with Crippen molar-refractivity contribution in [3.63, 3.8) is 0 Å². The molecule has 0 amide bonds. The molecule has 2 heteroatoms. The molecule has 0 aromatic heterocycles. The van der Waals surface area contributed by atoms with Crippen LogP contribution in [0.3, 0.4) is 0 Å². The Morgan fingerprint density at radius 1 is 1.35 bits per heavy atom. The first-order valence-electron chi connectivity index (χ1n) is 6.18. The van der Waals surface area contributed by atoms with E-state index in [0.29, 0.717) is 5.92 Å². The van der Waals surface area contributed by atoms with E-state index >= 15 is 0 Å². The average Bonchev–Trinajstić information content (AvgIpc) is 2.35. The SMILES string of the molecule is CCC(C#N)Cc1ccc(C(C)C)cc1OC. The first-order chi connectivity index (χ1) is 8.12. The lowest BCUT2D eigenvalue weighted by Crippen LogP contribution is -2.03. The van der Waals surface area contributed by atoms with Gasteiger partial charge in [-0.15, -0.1) is 0 Å². The summed E-state index contributed by atoms with van der Waals surface area (Å²) in [5.41, 5.74) is 2.40. The van der Waals surface area contributed by atoms with Gasteiger partial charge in [-0.25, -0.2) is 0 Å². The maximum Gasteiger partial charge on any atom is 0.122 e. The van der Waals surface area contributed by atoms with E-state index in [0.717, 1.165) is 24.2 Å². The third-order valence-electron chi connectivity index (χ3n) is 3.12. The molecule has 1 atom stereocenters. The maximum absolute atomic E-state index is 9.00. The monoisotopic (exact) mass is 231 g/mol. The molecule has 1 unspecified atom stereocenters. The zero-order valence-electron chi connectivity index (χ0n) is 11.2. The molecule has 1 aromatic rings. The van der Waals surface area contributed by atoms with Gasteiger partial charge < -0.3 is 4.74 Å². The van der Waals surface area contributed by atoms with Crippen LogP contribution in [0.5, 0.6) is 5.75 Å². The van der Waals surface area contributed by atoms with Gasteiger partial charge in [0, 0.05) is 0 Å². The molecular weight excluding hydrogens is 210 g/mol. The number of methoxy groups -OCH3 is 1. The van der Waals surface area contributed by atoms with E-state index in [9.17, 15) is 0 Å². The highest BCUT2D eigenvalue weighted by molar-refractivity contribution is 5.39. The van der Waals surface area contributed by atoms with Crippen molar-refractivity contribution in [2.24, 2.45) is 5.92 Å². The molecule has 17 heavy (non-hydrogen) atoms. The highest BCUT2D eigenvalue weighted by atomic mass is 16.5. The molecule has 0 spiro atoms.